The molecule has 1 heterocycles. The largest absolute Gasteiger partial charge is 0.493 e. The van der Waals surface area contributed by atoms with E-state index in [1.54, 1.807) is 56.8 Å². The lowest BCUT2D eigenvalue weighted by Gasteiger charge is -2.34. The number of fused-ring (bicyclic) bond motifs is 2. The molecule has 3 atom stereocenters. The zero-order valence-electron chi connectivity index (χ0n) is 20.6. The second-order valence-electron chi connectivity index (χ2n) is 10.3. The summed E-state index contributed by atoms with van der Waals surface area (Å²) in [5.74, 6) is 3.31. The highest BCUT2D eigenvalue weighted by Gasteiger charge is 2.68. The van der Waals surface area contributed by atoms with Gasteiger partial charge in [0, 0.05) is 28.9 Å². The third-order valence-corrected chi connectivity index (χ3v) is 8.04. The number of amides is 2. The third kappa shape index (κ3) is 3.63. The SMILES string of the molecule is COc1cc2nccc(Oc3ccc(NC(=O)C4(C(=O)NC56CC(C)C5C6)CC4)cc3)c2cc1OC. The minimum Gasteiger partial charge on any atom is -0.493 e. The van der Waals surface area contributed by atoms with Crippen molar-refractivity contribution >= 4 is 28.4 Å². The predicted molar refractivity (Wildman–Crippen MR) is 134 cm³/mol. The molecule has 3 aliphatic rings. The standard InChI is InChI=1S/C28H29N3O5/c1-16-14-28(15-20(16)28)31-26(33)27(9-10-27)25(32)30-17-4-6-18(7-5-17)36-22-8-11-29-21-13-24(35-3)23(34-2)12-19(21)22/h4-8,11-13,16,20H,9-10,14-15H2,1-3H3,(H,30,32)(H,31,33). The van der Waals surface area contributed by atoms with Crippen LogP contribution in [0.25, 0.3) is 10.9 Å². The Balaban J connectivity index is 1.13. The average molecular weight is 488 g/mol. The molecule has 8 nitrogen and oxygen atoms in total. The normalized spacial score (nSPS) is 24.6. The van der Waals surface area contributed by atoms with Gasteiger partial charge < -0.3 is 24.8 Å². The first-order valence-corrected chi connectivity index (χ1v) is 12.3. The Kier molecular flexibility index (Phi) is 5.10. The van der Waals surface area contributed by atoms with Crippen LogP contribution in [-0.4, -0.2) is 36.6 Å². The van der Waals surface area contributed by atoms with Crippen molar-refractivity contribution < 1.29 is 23.8 Å². The Morgan fingerprint density at radius 1 is 0.944 bits per heavy atom. The van der Waals surface area contributed by atoms with E-state index in [-0.39, 0.29) is 17.4 Å². The van der Waals surface area contributed by atoms with Gasteiger partial charge in [0.05, 0.1) is 19.7 Å². The summed E-state index contributed by atoms with van der Waals surface area (Å²) in [7, 11) is 3.16. The van der Waals surface area contributed by atoms with Gasteiger partial charge in [0.2, 0.25) is 11.8 Å². The summed E-state index contributed by atoms with van der Waals surface area (Å²) < 4.78 is 16.9. The summed E-state index contributed by atoms with van der Waals surface area (Å²) in [6.45, 7) is 2.22. The number of ether oxygens (including phenoxy) is 3. The molecule has 0 saturated heterocycles. The molecule has 36 heavy (non-hydrogen) atoms. The molecule has 3 saturated carbocycles. The van der Waals surface area contributed by atoms with Gasteiger partial charge in [-0.05, 0) is 73.9 Å². The Morgan fingerprint density at radius 2 is 1.67 bits per heavy atom. The average Bonchev–Trinajstić information content (AvgIpc) is 3.79. The molecule has 2 N–H and O–H groups in total. The van der Waals surface area contributed by atoms with Gasteiger partial charge in [-0.2, -0.15) is 0 Å². The zero-order valence-corrected chi connectivity index (χ0v) is 20.6. The molecule has 3 aliphatic carbocycles. The molecular formula is C28H29N3O5. The maximum atomic E-state index is 13.0. The summed E-state index contributed by atoms with van der Waals surface area (Å²) in [4.78, 5) is 30.3. The topological polar surface area (TPSA) is 98.8 Å². The van der Waals surface area contributed by atoms with Gasteiger partial charge in [0.15, 0.2) is 11.5 Å². The molecule has 3 fully saturated rings. The van der Waals surface area contributed by atoms with Crippen molar-refractivity contribution in [3.05, 3.63) is 48.7 Å². The van der Waals surface area contributed by atoms with Crippen LogP contribution >= 0.6 is 0 Å². The lowest BCUT2D eigenvalue weighted by Crippen LogP contribution is -2.51. The Bertz CT molecular complexity index is 1370. The van der Waals surface area contributed by atoms with E-state index < -0.39 is 5.41 Å². The highest BCUT2D eigenvalue weighted by Crippen LogP contribution is 2.64. The van der Waals surface area contributed by atoms with Crippen LogP contribution in [0.5, 0.6) is 23.0 Å². The summed E-state index contributed by atoms with van der Waals surface area (Å²) in [5, 5.41) is 6.90. The van der Waals surface area contributed by atoms with Crippen LogP contribution in [0.2, 0.25) is 0 Å². The van der Waals surface area contributed by atoms with E-state index in [1.165, 1.54) is 0 Å². The van der Waals surface area contributed by atoms with Gasteiger partial charge in [-0.15, -0.1) is 0 Å². The number of carbonyl (C=O) groups excluding carboxylic acids is 2. The van der Waals surface area contributed by atoms with E-state index in [9.17, 15) is 9.59 Å². The van der Waals surface area contributed by atoms with Crippen LogP contribution in [0.4, 0.5) is 5.69 Å². The van der Waals surface area contributed by atoms with Crippen molar-refractivity contribution in [2.45, 2.75) is 38.1 Å². The summed E-state index contributed by atoms with van der Waals surface area (Å²) in [6, 6.07) is 12.5. The van der Waals surface area contributed by atoms with Crippen LogP contribution in [0, 0.1) is 17.3 Å². The monoisotopic (exact) mass is 487 g/mol. The molecule has 0 radical (unpaired) electrons. The van der Waals surface area contributed by atoms with E-state index in [0.717, 1.165) is 23.7 Å². The fraction of sp³-hybridized carbons (Fsp3) is 0.393. The number of hydrogen-bond acceptors (Lipinski definition) is 6. The second-order valence-corrected chi connectivity index (χ2v) is 10.3. The van der Waals surface area contributed by atoms with Crippen LogP contribution in [0.3, 0.4) is 0 Å². The second kappa shape index (κ2) is 8.11. The number of benzene rings is 2. The molecule has 2 amide bonds. The van der Waals surface area contributed by atoms with Crippen molar-refractivity contribution in [3.8, 4) is 23.0 Å². The van der Waals surface area contributed by atoms with E-state index in [2.05, 4.69) is 22.5 Å². The quantitative estimate of drug-likeness (QED) is 0.448. The van der Waals surface area contributed by atoms with E-state index in [1.807, 2.05) is 6.07 Å². The highest BCUT2D eigenvalue weighted by molar-refractivity contribution is 6.13. The summed E-state index contributed by atoms with van der Waals surface area (Å²) >= 11 is 0. The number of pyridine rings is 1. The molecule has 3 unspecified atom stereocenters. The number of rotatable bonds is 8. The number of anilines is 1. The van der Waals surface area contributed by atoms with E-state index >= 15 is 0 Å². The highest BCUT2D eigenvalue weighted by atomic mass is 16.5. The van der Waals surface area contributed by atoms with Gasteiger partial charge in [-0.3, -0.25) is 14.6 Å². The molecule has 2 aromatic carbocycles. The van der Waals surface area contributed by atoms with Crippen LogP contribution in [0.1, 0.15) is 32.6 Å². The van der Waals surface area contributed by atoms with Crippen LogP contribution in [-0.2, 0) is 9.59 Å². The number of hydrogen-bond donors (Lipinski definition) is 2. The fourth-order valence-corrected chi connectivity index (χ4v) is 5.61. The minimum absolute atomic E-state index is 0.0301. The minimum atomic E-state index is -0.939. The lowest BCUT2D eigenvalue weighted by molar-refractivity contribution is -0.135. The zero-order chi connectivity index (χ0) is 25.1. The molecule has 3 aromatic rings. The van der Waals surface area contributed by atoms with Crippen molar-refractivity contribution in [3.63, 3.8) is 0 Å². The van der Waals surface area contributed by atoms with Gasteiger partial charge in [-0.25, -0.2) is 0 Å². The summed E-state index contributed by atoms with van der Waals surface area (Å²) in [6.07, 6.45) is 4.92. The van der Waals surface area contributed by atoms with Crippen LogP contribution < -0.4 is 24.8 Å². The smallest absolute Gasteiger partial charge is 0.240 e. The summed E-state index contributed by atoms with van der Waals surface area (Å²) in [5.41, 5.74) is 0.372. The van der Waals surface area contributed by atoms with Crippen molar-refractivity contribution in [1.29, 1.82) is 0 Å². The first kappa shape index (κ1) is 22.6. The lowest BCUT2D eigenvalue weighted by atomic mass is 9.81. The molecule has 186 valence electrons. The van der Waals surface area contributed by atoms with Crippen molar-refractivity contribution in [1.82, 2.24) is 10.3 Å². The molecule has 0 spiro atoms. The number of methoxy groups -OCH3 is 2. The fourth-order valence-electron chi connectivity index (χ4n) is 5.61. The number of carbonyl (C=O) groups is 2. The molecular weight excluding hydrogens is 458 g/mol. The van der Waals surface area contributed by atoms with Gasteiger partial charge in [0.1, 0.15) is 16.9 Å². The van der Waals surface area contributed by atoms with Gasteiger partial charge >= 0.3 is 0 Å². The number of aromatic nitrogens is 1. The maximum Gasteiger partial charge on any atom is 0.240 e. The Morgan fingerprint density at radius 3 is 2.28 bits per heavy atom. The predicted octanol–water partition coefficient (Wildman–Crippen LogP) is 4.68. The van der Waals surface area contributed by atoms with Crippen molar-refractivity contribution in [2.24, 2.45) is 17.3 Å². The van der Waals surface area contributed by atoms with E-state index in [4.69, 9.17) is 14.2 Å². The molecule has 1 aromatic heterocycles. The molecule has 8 heteroatoms. The van der Waals surface area contributed by atoms with Gasteiger partial charge in [-0.1, -0.05) is 6.92 Å². The number of nitrogens with zero attached hydrogens (tertiary/aromatic N) is 1. The molecule has 6 rings (SSSR count). The Labute approximate surface area is 209 Å². The third-order valence-electron chi connectivity index (χ3n) is 8.04. The first-order valence-electron chi connectivity index (χ1n) is 12.3. The van der Waals surface area contributed by atoms with E-state index in [0.29, 0.717) is 53.4 Å². The van der Waals surface area contributed by atoms with Crippen LogP contribution in [0.15, 0.2) is 48.7 Å². The Hall–Kier alpha value is -3.81. The molecule has 0 bridgehead atoms. The molecule has 0 aliphatic heterocycles. The number of nitrogens with one attached hydrogen (secondary N) is 2. The van der Waals surface area contributed by atoms with Crippen molar-refractivity contribution in [2.75, 3.05) is 19.5 Å². The maximum absolute atomic E-state index is 13.0. The van der Waals surface area contributed by atoms with Gasteiger partial charge in [0.25, 0.3) is 0 Å². The first-order chi connectivity index (χ1) is 17.4.